The van der Waals surface area contributed by atoms with Crippen LogP contribution < -0.4 is 10.1 Å². The van der Waals surface area contributed by atoms with E-state index in [1.54, 1.807) is 7.11 Å². The highest BCUT2D eigenvalue weighted by Crippen LogP contribution is 2.51. The molecule has 3 heteroatoms. The summed E-state index contributed by atoms with van der Waals surface area (Å²) in [4.78, 5) is 0. The predicted molar refractivity (Wildman–Crippen MR) is 81.0 cm³/mol. The summed E-state index contributed by atoms with van der Waals surface area (Å²) in [6.07, 6.45) is 6.41. The maximum Gasteiger partial charge on any atom is 0.123 e. The molecular formula is C16H24ClNO. The SMILES string of the molecule is CCC1(C(NC)c2cc(Cl)ccc2OC)CCCC1. The third-order valence-electron chi connectivity index (χ3n) is 4.71. The zero-order valence-electron chi connectivity index (χ0n) is 12.1. The van der Waals surface area contributed by atoms with Crippen molar-refractivity contribution in [3.05, 3.63) is 28.8 Å². The van der Waals surface area contributed by atoms with Gasteiger partial charge in [0.05, 0.1) is 7.11 Å². The van der Waals surface area contributed by atoms with Gasteiger partial charge < -0.3 is 10.1 Å². The van der Waals surface area contributed by atoms with E-state index in [4.69, 9.17) is 16.3 Å². The average molecular weight is 282 g/mol. The van der Waals surface area contributed by atoms with Crippen molar-refractivity contribution < 1.29 is 4.74 Å². The van der Waals surface area contributed by atoms with Crippen LogP contribution in [0.1, 0.15) is 50.6 Å². The van der Waals surface area contributed by atoms with Crippen molar-refractivity contribution in [1.82, 2.24) is 5.32 Å². The Balaban J connectivity index is 2.43. The van der Waals surface area contributed by atoms with E-state index in [1.807, 2.05) is 19.2 Å². The topological polar surface area (TPSA) is 21.3 Å². The molecular weight excluding hydrogens is 258 g/mol. The van der Waals surface area contributed by atoms with Gasteiger partial charge in [-0.15, -0.1) is 0 Å². The van der Waals surface area contributed by atoms with Gasteiger partial charge in [0.2, 0.25) is 0 Å². The minimum absolute atomic E-state index is 0.314. The van der Waals surface area contributed by atoms with Crippen molar-refractivity contribution in [2.24, 2.45) is 5.41 Å². The highest BCUT2D eigenvalue weighted by molar-refractivity contribution is 6.30. The molecule has 2 nitrogen and oxygen atoms in total. The molecule has 0 aliphatic heterocycles. The molecule has 1 fully saturated rings. The summed E-state index contributed by atoms with van der Waals surface area (Å²) < 4.78 is 5.53. The van der Waals surface area contributed by atoms with E-state index in [0.29, 0.717) is 11.5 Å². The first-order valence-corrected chi connectivity index (χ1v) is 7.55. The van der Waals surface area contributed by atoms with Crippen LogP contribution in [-0.4, -0.2) is 14.2 Å². The maximum absolute atomic E-state index is 6.19. The van der Waals surface area contributed by atoms with Crippen molar-refractivity contribution in [3.63, 3.8) is 0 Å². The van der Waals surface area contributed by atoms with Crippen molar-refractivity contribution in [1.29, 1.82) is 0 Å². The van der Waals surface area contributed by atoms with E-state index in [-0.39, 0.29) is 0 Å². The van der Waals surface area contributed by atoms with Crippen LogP contribution in [0.5, 0.6) is 5.75 Å². The van der Waals surface area contributed by atoms with Crippen LogP contribution in [0, 0.1) is 5.41 Å². The summed E-state index contributed by atoms with van der Waals surface area (Å²) in [5.41, 5.74) is 1.54. The van der Waals surface area contributed by atoms with Gasteiger partial charge in [-0.05, 0) is 49.9 Å². The molecule has 0 bridgehead atoms. The molecule has 1 aromatic rings. The van der Waals surface area contributed by atoms with E-state index < -0.39 is 0 Å². The molecule has 0 saturated heterocycles. The maximum atomic E-state index is 6.19. The molecule has 106 valence electrons. The number of rotatable bonds is 5. The van der Waals surface area contributed by atoms with Gasteiger partial charge in [-0.25, -0.2) is 0 Å². The Bertz CT molecular complexity index is 427. The van der Waals surface area contributed by atoms with Crippen LogP contribution >= 0.6 is 11.6 Å². The summed E-state index contributed by atoms with van der Waals surface area (Å²) in [5.74, 6) is 0.934. The van der Waals surface area contributed by atoms with Gasteiger partial charge in [-0.1, -0.05) is 31.4 Å². The van der Waals surface area contributed by atoms with Crippen LogP contribution in [0.15, 0.2) is 18.2 Å². The number of methoxy groups -OCH3 is 1. The number of nitrogens with one attached hydrogen (secondary N) is 1. The predicted octanol–water partition coefficient (Wildman–Crippen LogP) is 4.58. The van der Waals surface area contributed by atoms with E-state index in [9.17, 15) is 0 Å². The molecule has 1 unspecified atom stereocenters. The fourth-order valence-corrected chi connectivity index (χ4v) is 3.83. The second-order valence-corrected chi connectivity index (χ2v) is 5.97. The lowest BCUT2D eigenvalue weighted by atomic mass is 9.73. The third-order valence-corrected chi connectivity index (χ3v) is 4.94. The standard InChI is InChI=1S/C16H24ClNO/c1-4-16(9-5-6-10-16)15(18-2)13-11-12(17)7-8-14(13)19-3/h7-8,11,15,18H,4-6,9-10H2,1-3H3. The Hall–Kier alpha value is -0.730. The number of hydrogen-bond donors (Lipinski definition) is 1. The Kier molecular flexibility index (Phi) is 4.75. The number of halogens is 1. The molecule has 1 atom stereocenters. The lowest BCUT2D eigenvalue weighted by molar-refractivity contribution is 0.191. The van der Waals surface area contributed by atoms with Crippen molar-refractivity contribution in [3.8, 4) is 5.75 Å². The van der Waals surface area contributed by atoms with Crippen molar-refractivity contribution >= 4 is 11.6 Å². The lowest BCUT2D eigenvalue weighted by Crippen LogP contribution is -2.34. The summed E-state index contributed by atoms with van der Waals surface area (Å²) in [6.45, 7) is 2.30. The quantitative estimate of drug-likeness (QED) is 0.853. The zero-order valence-corrected chi connectivity index (χ0v) is 12.9. The highest BCUT2D eigenvalue weighted by atomic mass is 35.5. The van der Waals surface area contributed by atoms with E-state index in [0.717, 1.165) is 10.8 Å². The molecule has 0 aromatic heterocycles. The molecule has 1 aliphatic rings. The first-order chi connectivity index (χ1) is 9.16. The van der Waals surface area contributed by atoms with Crippen LogP contribution in [0.25, 0.3) is 0 Å². The number of benzene rings is 1. The minimum atomic E-state index is 0.314. The van der Waals surface area contributed by atoms with Gasteiger partial charge in [-0.3, -0.25) is 0 Å². The normalized spacial score (nSPS) is 19.4. The van der Waals surface area contributed by atoms with Gasteiger partial charge >= 0.3 is 0 Å². The molecule has 0 amide bonds. The second-order valence-electron chi connectivity index (χ2n) is 5.53. The van der Waals surface area contributed by atoms with E-state index in [1.165, 1.54) is 37.7 Å². The smallest absolute Gasteiger partial charge is 0.123 e. The molecule has 1 saturated carbocycles. The summed E-state index contributed by atoms with van der Waals surface area (Å²) >= 11 is 6.19. The summed E-state index contributed by atoms with van der Waals surface area (Å²) in [5, 5.41) is 4.29. The molecule has 19 heavy (non-hydrogen) atoms. The van der Waals surface area contributed by atoms with E-state index >= 15 is 0 Å². The van der Waals surface area contributed by atoms with Crippen LogP contribution in [-0.2, 0) is 0 Å². The van der Waals surface area contributed by atoms with Gasteiger partial charge in [0.1, 0.15) is 5.75 Å². The summed E-state index contributed by atoms with van der Waals surface area (Å²) in [7, 11) is 3.77. The molecule has 0 spiro atoms. The molecule has 1 aromatic carbocycles. The fraction of sp³-hybridized carbons (Fsp3) is 0.625. The Labute approximate surface area is 121 Å². The number of ether oxygens (including phenoxy) is 1. The van der Waals surface area contributed by atoms with Gasteiger partial charge in [-0.2, -0.15) is 0 Å². The Morgan fingerprint density at radius 1 is 1.37 bits per heavy atom. The van der Waals surface area contributed by atoms with Gasteiger partial charge in [0.15, 0.2) is 0 Å². The van der Waals surface area contributed by atoms with Gasteiger partial charge in [0, 0.05) is 16.6 Å². The first-order valence-electron chi connectivity index (χ1n) is 7.17. The largest absolute Gasteiger partial charge is 0.496 e. The average Bonchev–Trinajstić information content (AvgIpc) is 2.90. The Morgan fingerprint density at radius 2 is 2.05 bits per heavy atom. The molecule has 1 N–H and O–H groups in total. The second kappa shape index (κ2) is 6.15. The number of hydrogen-bond acceptors (Lipinski definition) is 2. The highest BCUT2D eigenvalue weighted by Gasteiger charge is 2.40. The molecule has 0 radical (unpaired) electrons. The molecule has 2 rings (SSSR count). The van der Waals surface area contributed by atoms with Crippen molar-refractivity contribution in [2.75, 3.05) is 14.2 Å². The Morgan fingerprint density at radius 3 is 2.58 bits per heavy atom. The minimum Gasteiger partial charge on any atom is -0.496 e. The first kappa shape index (κ1) is 14.7. The van der Waals surface area contributed by atoms with Crippen LogP contribution in [0.4, 0.5) is 0 Å². The monoisotopic (exact) mass is 281 g/mol. The molecule has 0 heterocycles. The van der Waals surface area contributed by atoms with Crippen LogP contribution in [0.3, 0.4) is 0 Å². The third kappa shape index (κ3) is 2.75. The van der Waals surface area contributed by atoms with E-state index in [2.05, 4.69) is 18.3 Å². The molecule has 1 aliphatic carbocycles. The lowest BCUT2D eigenvalue weighted by Gasteiger charge is -2.38. The van der Waals surface area contributed by atoms with Gasteiger partial charge in [0.25, 0.3) is 0 Å². The zero-order chi connectivity index (χ0) is 13.9. The fourth-order valence-electron chi connectivity index (χ4n) is 3.65. The summed E-state index contributed by atoms with van der Waals surface area (Å²) in [6, 6.07) is 6.23. The van der Waals surface area contributed by atoms with Crippen molar-refractivity contribution in [2.45, 2.75) is 45.1 Å². The van der Waals surface area contributed by atoms with Crippen LogP contribution in [0.2, 0.25) is 5.02 Å².